The van der Waals surface area contributed by atoms with Crippen molar-refractivity contribution in [1.29, 1.82) is 0 Å². The van der Waals surface area contributed by atoms with E-state index in [2.05, 4.69) is 23.5 Å². The van der Waals surface area contributed by atoms with Crippen molar-refractivity contribution in [2.24, 2.45) is 11.1 Å². The van der Waals surface area contributed by atoms with Gasteiger partial charge in [0.05, 0.1) is 11.4 Å². The van der Waals surface area contributed by atoms with Crippen molar-refractivity contribution in [3.63, 3.8) is 0 Å². The lowest BCUT2D eigenvalue weighted by Crippen LogP contribution is -2.40. The van der Waals surface area contributed by atoms with E-state index in [1.54, 1.807) is 0 Å². The summed E-state index contributed by atoms with van der Waals surface area (Å²) in [6, 6.07) is 3.47. The Morgan fingerprint density at radius 3 is 2.71 bits per heavy atom. The molecule has 0 radical (unpaired) electrons. The summed E-state index contributed by atoms with van der Waals surface area (Å²) in [5.74, 6) is 4.64. The molecular weight excluding hydrogens is 291 g/mol. The molecule has 0 bridgehead atoms. The van der Waals surface area contributed by atoms with E-state index in [9.17, 15) is 12.8 Å². The van der Waals surface area contributed by atoms with Crippen molar-refractivity contribution in [2.45, 2.75) is 31.1 Å². The topological polar surface area (TPSA) is 72.2 Å². The zero-order valence-corrected chi connectivity index (χ0v) is 12.8. The highest BCUT2D eigenvalue weighted by atomic mass is 32.2. The smallest absolute Gasteiger partial charge is 0.241 e. The molecule has 0 aromatic heterocycles. The fraction of sp³-hybridized carbons (Fsp3) is 0.467. The van der Waals surface area contributed by atoms with E-state index < -0.39 is 15.8 Å². The average molecular weight is 310 g/mol. The van der Waals surface area contributed by atoms with Gasteiger partial charge in [0.15, 0.2) is 0 Å². The third-order valence-corrected chi connectivity index (χ3v) is 5.27. The summed E-state index contributed by atoms with van der Waals surface area (Å²) in [6.45, 7) is 2.52. The van der Waals surface area contributed by atoms with Crippen LogP contribution >= 0.6 is 0 Å². The van der Waals surface area contributed by atoms with Crippen LogP contribution in [0.15, 0.2) is 23.1 Å². The van der Waals surface area contributed by atoms with E-state index in [0.717, 1.165) is 31.4 Å². The molecule has 0 spiro atoms. The minimum absolute atomic E-state index is 0.00669. The molecule has 21 heavy (non-hydrogen) atoms. The number of halogens is 1. The maximum atomic E-state index is 13.3. The standard InChI is InChI=1S/C15H19FN2O2S/c1-15(7-3-8-15)11-18-21(19,20)14-6-5-13(16)10-12(14)4-2-9-17/h5-6,10,18H,3,7-9,11,17H2,1H3. The van der Waals surface area contributed by atoms with Crippen molar-refractivity contribution in [3.8, 4) is 11.8 Å². The van der Waals surface area contributed by atoms with Gasteiger partial charge < -0.3 is 5.73 Å². The number of nitrogens with two attached hydrogens (primary N) is 1. The molecule has 0 saturated heterocycles. The van der Waals surface area contributed by atoms with Gasteiger partial charge in [0.25, 0.3) is 0 Å². The number of hydrogen-bond acceptors (Lipinski definition) is 3. The van der Waals surface area contributed by atoms with Gasteiger partial charge in [-0.15, -0.1) is 0 Å². The van der Waals surface area contributed by atoms with Crippen LogP contribution < -0.4 is 10.5 Å². The molecule has 0 amide bonds. The van der Waals surface area contributed by atoms with Gasteiger partial charge in [0, 0.05) is 12.1 Å². The van der Waals surface area contributed by atoms with Crippen LogP contribution in [0, 0.1) is 23.1 Å². The Kier molecular flexibility index (Phi) is 4.67. The highest BCUT2D eigenvalue weighted by Gasteiger charge is 2.33. The highest BCUT2D eigenvalue weighted by molar-refractivity contribution is 7.89. The molecule has 1 fully saturated rings. The first-order valence-corrected chi connectivity index (χ1v) is 8.33. The first-order chi connectivity index (χ1) is 9.86. The average Bonchev–Trinajstić information content (AvgIpc) is 2.40. The largest absolute Gasteiger partial charge is 0.320 e. The first-order valence-electron chi connectivity index (χ1n) is 6.84. The Labute approximate surface area is 125 Å². The molecule has 0 aliphatic heterocycles. The van der Waals surface area contributed by atoms with Crippen LogP contribution in [0.4, 0.5) is 4.39 Å². The third kappa shape index (κ3) is 3.82. The number of sulfonamides is 1. The normalized spacial score (nSPS) is 16.7. The van der Waals surface area contributed by atoms with Crippen molar-refractivity contribution in [1.82, 2.24) is 4.72 Å². The summed E-state index contributed by atoms with van der Waals surface area (Å²) in [4.78, 5) is -0.00669. The molecule has 4 nitrogen and oxygen atoms in total. The van der Waals surface area contributed by atoms with E-state index in [4.69, 9.17) is 5.73 Å². The van der Waals surface area contributed by atoms with E-state index in [0.29, 0.717) is 6.54 Å². The summed E-state index contributed by atoms with van der Waals surface area (Å²) in [6.07, 6.45) is 3.15. The first kappa shape index (κ1) is 16.0. The van der Waals surface area contributed by atoms with Crippen molar-refractivity contribution >= 4 is 10.0 Å². The Hall–Kier alpha value is -1.42. The Bertz CT molecular complexity index is 685. The maximum absolute atomic E-state index is 13.3. The molecule has 1 aliphatic carbocycles. The molecular formula is C15H19FN2O2S. The van der Waals surface area contributed by atoms with Gasteiger partial charge in [0.1, 0.15) is 5.82 Å². The minimum atomic E-state index is -3.71. The van der Waals surface area contributed by atoms with Crippen molar-refractivity contribution < 1.29 is 12.8 Å². The van der Waals surface area contributed by atoms with Crippen LogP contribution in [0.25, 0.3) is 0 Å². The fourth-order valence-electron chi connectivity index (χ4n) is 2.28. The molecule has 6 heteroatoms. The van der Waals surface area contributed by atoms with Crippen LogP contribution in [-0.2, 0) is 10.0 Å². The van der Waals surface area contributed by atoms with Crippen LogP contribution in [0.3, 0.4) is 0 Å². The lowest BCUT2D eigenvalue weighted by Gasteiger charge is -2.38. The van der Waals surface area contributed by atoms with Crippen LogP contribution in [0.2, 0.25) is 0 Å². The van der Waals surface area contributed by atoms with E-state index in [-0.39, 0.29) is 22.4 Å². The second-order valence-corrected chi connectivity index (χ2v) is 7.37. The highest BCUT2D eigenvalue weighted by Crippen LogP contribution is 2.39. The monoisotopic (exact) mass is 310 g/mol. The second kappa shape index (κ2) is 6.14. The third-order valence-electron chi connectivity index (χ3n) is 3.81. The molecule has 0 heterocycles. The SMILES string of the molecule is CC1(CNS(=O)(=O)c2ccc(F)cc2C#CCN)CCC1. The zero-order valence-electron chi connectivity index (χ0n) is 11.9. The fourth-order valence-corrected chi connectivity index (χ4v) is 3.63. The lowest BCUT2D eigenvalue weighted by molar-refractivity contribution is 0.166. The van der Waals surface area contributed by atoms with E-state index in [1.165, 1.54) is 6.07 Å². The molecule has 2 rings (SSSR count). The zero-order chi connectivity index (χ0) is 15.5. The van der Waals surface area contributed by atoms with Gasteiger partial charge in [-0.2, -0.15) is 0 Å². The summed E-state index contributed by atoms with van der Waals surface area (Å²) in [5, 5.41) is 0. The van der Waals surface area contributed by atoms with Gasteiger partial charge in [0.2, 0.25) is 10.0 Å². The Morgan fingerprint density at radius 2 is 2.14 bits per heavy atom. The van der Waals surface area contributed by atoms with Crippen molar-refractivity contribution in [3.05, 3.63) is 29.6 Å². The molecule has 1 aromatic rings. The van der Waals surface area contributed by atoms with E-state index in [1.807, 2.05) is 0 Å². The second-order valence-electron chi connectivity index (χ2n) is 5.64. The molecule has 1 saturated carbocycles. The van der Waals surface area contributed by atoms with Gasteiger partial charge in [-0.25, -0.2) is 17.5 Å². The lowest BCUT2D eigenvalue weighted by atomic mass is 9.71. The minimum Gasteiger partial charge on any atom is -0.320 e. The Morgan fingerprint density at radius 1 is 1.43 bits per heavy atom. The summed E-state index contributed by atoms with van der Waals surface area (Å²) >= 11 is 0. The van der Waals surface area contributed by atoms with Gasteiger partial charge in [-0.3, -0.25) is 0 Å². The van der Waals surface area contributed by atoms with Crippen LogP contribution in [-0.4, -0.2) is 21.5 Å². The van der Waals surface area contributed by atoms with E-state index >= 15 is 0 Å². The summed E-state index contributed by atoms with van der Waals surface area (Å²) in [5.41, 5.74) is 5.44. The molecule has 1 aliphatic rings. The van der Waals surface area contributed by atoms with Crippen molar-refractivity contribution in [2.75, 3.05) is 13.1 Å². The number of benzene rings is 1. The van der Waals surface area contributed by atoms with Gasteiger partial charge in [-0.05, 0) is 36.5 Å². The summed E-state index contributed by atoms with van der Waals surface area (Å²) in [7, 11) is -3.71. The number of rotatable bonds is 4. The number of hydrogen-bond donors (Lipinski definition) is 2. The quantitative estimate of drug-likeness (QED) is 0.830. The van der Waals surface area contributed by atoms with Gasteiger partial charge >= 0.3 is 0 Å². The predicted molar refractivity (Wildman–Crippen MR) is 79.5 cm³/mol. The summed E-state index contributed by atoms with van der Waals surface area (Å²) < 4.78 is 40.7. The molecule has 1 aromatic carbocycles. The maximum Gasteiger partial charge on any atom is 0.241 e. The van der Waals surface area contributed by atoms with Crippen LogP contribution in [0.5, 0.6) is 0 Å². The Balaban J connectivity index is 2.26. The van der Waals surface area contributed by atoms with Gasteiger partial charge in [-0.1, -0.05) is 25.2 Å². The number of nitrogens with one attached hydrogen (secondary N) is 1. The van der Waals surface area contributed by atoms with Crippen LogP contribution in [0.1, 0.15) is 31.7 Å². The molecule has 114 valence electrons. The molecule has 3 N–H and O–H groups in total. The molecule has 0 atom stereocenters. The predicted octanol–water partition coefficient (Wildman–Crippen LogP) is 1.60. The molecule has 0 unspecified atom stereocenters.